The number of carbonyl (C=O) groups is 2. The van der Waals surface area contributed by atoms with Crippen molar-refractivity contribution in [1.29, 1.82) is 0 Å². The highest BCUT2D eigenvalue weighted by Crippen LogP contribution is 2.17. The number of amides is 2. The Balaban J connectivity index is 1.99. The molecule has 0 bridgehead atoms. The van der Waals surface area contributed by atoms with Gasteiger partial charge < -0.3 is 15.5 Å². The number of likely N-dealkylation sites (tertiary alicyclic amines) is 2. The number of nitrogens with two attached hydrogens (primary N) is 1. The van der Waals surface area contributed by atoms with Crippen LogP contribution >= 0.6 is 0 Å². The van der Waals surface area contributed by atoms with E-state index >= 15 is 0 Å². The van der Waals surface area contributed by atoms with Crippen molar-refractivity contribution in [3.8, 4) is 0 Å². The van der Waals surface area contributed by atoms with Crippen LogP contribution in [0, 0.1) is 0 Å². The minimum atomic E-state index is -0.355. The second-order valence-electron chi connectivity index (χ2n) is 5.05. The van der Waals surface area contributed by atoms with Crippen LogP contribution in [0.4, 0.5) is 0 Å². The lowest BCUT2D eigenvalue weighted by Crippen LogP contribution is -2.55. The molecule has 2 atom stereocenters. The summed E-state index contributed by atoms with van der Waals surface area (Å²) in [5, 5.41) is 0. The van der Waals surface area contributed by atoms with E-state index in [1.807, 2.05) is 11.8 Å². The van der Waals surface area contributed by atoms with E-state index in [9.17, 15) is 9.59 Å². The van der Waals surface area contributed by atoms with E-state index in [4.69, 9.17) is 5.73 Å². The van der Waals surface area contributed by atoms with Crippen molar-refractivity contribution in [1.82, 2.24) is 9.80 Å². The van der Waals surface area contributed by atoms with Crippen LogP contribution in [0.3, 0.4) is 0 Å². The van der Waals surface area contributed by atoms with Crippen molar-refractivity contribution in [3.05, 3.63) is 0 Å². The zero-order valence-electron chi connectivity index (χ0n) is 10.4. The smallest absolute Gasteiger partial charge is 0.245 e. The fourth-order valence-electron chi connectivity index (χ4n) is 2.61. The highest BCUT2D eigenvalue weighted by molar-refractivity contribution is 5.88. The number of piperidine rings is 1. The zero-order chi connectivity index (χ0) is 12.4. The van der Waals surface area contributed by atoms with Gasteiger partial charge in [0, 0.05) is 32.1 Å². The maximum atomic E-state index is 12.2. The van der Waals surface area contributed by atoms with Gasteiger partial charge in [0.15, 0.2) is 0 Å². The molecule has 17 heavy (non-hydrogen) atoms. The molecule has 0 aliphatic carbocycles. The molecule has 2 heterocycles. The van der Waals surface area contributed by atoms with Crippen molar-refractivity contribution >= 4 is 11.8 Å². The molecule has 0 aromatic heterocycles. The number of nitrogens with zero attached hydrogens (tertiary/aromatic N) is 2. The lowest BCUT2D eigenvalue weighted by atomic mass is 10.0. The molecule has 5 heteroatoms. The van der Waals surface area contributed by atoms with E-state index < -0.39 is 0 Å². The fraction of sp³-hybridized carbons (Fsp3) is 0.833. The Bertz CT molecular complexity index is 313. The summed E-state index contributed by atoms with van der Waals surface area (Å²) in [5.74, 6) is 0.136. The first-order chi connectivity index (χ1) is 8.09. The number of hydrogen-bond donors (Lipinski definition) is 1. The van der Waals surface area contributed by atoms with Crippen molar-refractivity contribution in [2.75, 3.05) is 19.6 Å². The monoisotopic (exact) mass is 239 g/mol. The summed E-state index contributed by atoms with van der Waals surface area (Å²) in [5.41, 5.74) is 5.86. The quantitative estimate of drug-likeness (QED) is 0.734. The molecule has 5 nitrogen and oxygen atoms in total. The van der Waals surface area contributed by atoms with Crippen LogP contribution in [-0.2, 0) is 9.59 Å². The van der Waals surface area contributed by atoms with Crippen molar-refractivity contribution in [2.45, 2.75) is 44.7 Å². The maximum absolute atomic E-state index is 12.2. The SMILES string of the molecule is C[C@@H](C(=O)N1CCCC1)N1C[C@@H](N)CCC1=O. The summed E-state index contributed by atoms with van der Waals surface area (Å²) >= 11 is 0. The molecule has 0 aromatic carbocycles. The van der Waals surface area contributed by atoms with Gasteiger partial charge in [-0.05, 0) is 26.2 Å². The van der Waals surface area contributed by atoms with E-state index in [2.05, 4.69) is 0 Å². The van der Waals surface area contributed by atoms with Crippen LogP contribution in [0.5, 0.6) is 0 Å². The third-order valence-corrected chi connectivity index (χ3v) is 3.72. The van der Waals surface area contributed by atoms with Crippen LogP contribution in [0.1, 0.15) is 32.6 Å². The van der Waals surface area contributed by atoms with Gasteiger partial charge >= 0.3 is 0 Å². The first-order valence-corrected chi connectivity index (χ1v) is 6.43. The lowest BCUT2D eigenvalue weighted by Gasteiger charge is -2.36. The molecular formula is C12H21N3O2. The summed E-state index contributed by atoms with van der Waals surface area (Å²) in [6, 6.07) is -0.339. The van der Waals surface area contributed by atoms with E-state index in [1.54, 1.807) is 4.90 Å². The molecule has 0 radical (unpaired) electrons. The van der Waals surface area contributed by atoms with Crippen LogP contribution < -0.4 is 5.73 Å². The standard InChI is InChI=1S/C12H21N3O2/c1-9(12(17)14-6-2-3-7-14)15-8-10(13)4-5-11(15)16/h9-10H,2-8,13H2,1H3/t9-,10-/m0/s1. The van der Waals surface area contributed by atoms with Crippen LogP contribution in [0.2, 0.25) is 0 Å². The zero-order valence-corrected chi connectivity index (χ0v) is 10.4. The molecule has 0 spiro atoms. The van der Waals surface area contributed by atoms with Crippen molar-refractivity contribution in [3.63, 3.8) is 0 Å². The van der Waals surface area contributed by atoms with E-state index in [0.29, 0.717) is 13.0 Å². The summed E-state index contributed by atoms with van der Waals surface area (Å²) in [7, 11) is 0. The Hall–Kier alpha value is -1.10. The maximum Gasteiger partial charge on any atom is 0.245 e. The average molecular weight is 239 g/mol. The van der Waals surface area contributed by atoms with Gasteiger partial charge in [-0.25, -0.2) is 0 Å². The van der Waals surface area contributed by atoms with Crippen LogP contribution in [0.25, 0.3) is 0 Å². The molecule has 0 unspecified atom stereocenters. The van der Waals surface area contributed by atoms with Gasteiger partial charge in [0.05, 0.1) is 0 Å². The molecule has 96 valence electrons. The Labute approximate surface area is 102 Å². The van der Waals surface area contributed by atoms with E-state index in [1.165, 1.54) is 0 Å². The molecular weight excluding hydrogens is 218 g/mol. The lowest BCUT2D eigenvalue weighted by molar-refractivity contribution is -0.146. The minimum absolute atomic E-state index is 0.0153. The Kier molecular flexibility index (Phi) is 3.66. The summed E-state index contributed by atoms with van der Waals surface area (Å²) in [6.07, 6.45) is 3.36. The largest absolute Gasteiger partial charge is 0.341 e. The van der Waals surface area contributed by atoms with Crippen molar-refractivity contribution < 1.29 is 9.59 Å². The molecule has 2 fully saturated rings. The molecule has 2 aliphatic heterocycles. The van der Waals surface area contributed by atoms with Crippen LogP contribution in [0.15, 0.2) is 0 Å². The molecule has 2 N–H and O–H groups in total. The first-order valence-electron chi connectivity index (χ1n) is 6.43. The Morgan fingerprint density at radius 1 is 1.41 bits per heavy atom. The van der Waals surface area contributed by atoms with Gasteiger partial charge in [-0.2, -0.15) is 0 Å². The fourth-order valence-corrected chi connectivity index (χ4v) is 2.61. The summed E-state index contributed by atoms with van der Waals surface area (Å²) < 4.78 is 0. The third-order valence-electron chi connectivity index (χ3n) is 3.72. The first kappa shape index (κ1) is 12.4. The van der Waals surface area contributed by atoms with E-state index in [0.717, 1.165) is 32.4 Å². The second kappa shape index (κ2) is 5.04. The molecule has 2 amide bonds. The topological polar surface area (TPSA) is 66.6 Å². The normalized spacial score (nSPS) is 27.4. The van der Waals surface area contributed by atoms with Crippen molar-refractivity contribution in [2.24, 2.45) is 5.73 Å². The third kappa shape index (κ3) is 2.60. The molecule has 0 saturated carbocycles. The van der Waals surface area contributed by atoms with E-state index in [-0.39, 0.29) is 23.9 Å². The van der Waals surface area contributed by atoms with Gasteiger partial charge in [-0.1, -0.05) is 0 Å². The molecule has 2 saturated heterocycles. The average Bonchev–Trinajstić information content (AvgIpc) is 2.84. The summed E-state index contributed by atoms with van der Waals surface area (Å²) in [6.45, 7) is 3.99. The Morgan fingerprint density at radius 3 is 2.71 bits per heavy atom. The number of rotatable bonds is 2. The predicted octanol–water partition coefficient (Wildman–Crippen LogP) is -0.0530. The molecule has 0 aromatic rings. The van der Waals surface area contributed by atoms with Gasteiger partial charge in [-0.3, -0.25) is 9.59 Å². The van der Waals surface area contributed by atoms with Crippen LogP contribution in [-0.4, -0.2) is 53.3 Å². The second-order valence-corrected chi connectivity index (χ2v) is 5.05. The number of hydrogen-bond acceptors (Lipinski definition) is 3. The van der Waals surface area contributed by atoms with Gasteiger partial charge in [0.1, 0.15) is 6.04 Å². The predicted molar refractivity (Wildman–Crippen MR) is 64.2 cm³/mol. The van der Waals surface area contributed by atoms with Gasteiger partial charge in [0.25, 0.3) is 0 Å². The summed E-state index contributed by atoms with van der Waals surface area (Å²) in [4.78, 5) is 27.5. The Morgan fingerprint density at radius 2 is 2.06 bits per heavy atom. The molecule has 2 aliphatic rings. The molecule has 2 rings (SSSR count). The van der Waals surface area contributed by atoms with Gasteiger partial charge in [0.2, 0.25) is 11.8 Å². The van der Waals surface area contributed by atoms with Gasteiger partial charge in [-0.15, -0.1) is 0 Å². The highest BCUT2D eigenvalue weighted by atomic mass is 16.2. The number of carbonyl (C=O) groups excluding carboxylic acids is 2. The highest BCUT2D eigenvalue weighted by Gasteiger charge is 2.33. The minimum Gasteiger partial charge on any atom is -0.341 e.